The maximum absolute atomic E-state index is 13.3. The number of ketones is 2. The van der Waals surface area contributed by atoms with Gasteiger partial charge in [0.15, 0.2) is 11.6 Å². The van der Waals surface area contributed by atoms with Gasteiger partial charge in [0.2, 0.25) is 5.72 Å². The zero-order valence-corrected chi connectivity index (χ0v) is 21.4. The molecule has 4 nitrogen and oxygen atoms in total. The molecule has 38 heavy (non-hydrogen) atoms. The van der Waals surface area contributed by atoms with Crippen molar-refractivity contribution in [1.29, 1.82) is 0 Å². The molecule has 0 amide bonds. The van der Waals surface area contributed by atoms with Gasteiger partial charge in [-0.05, 0) is 92.2 Å². The van der Waals surface area contributed by atoms with E-state index in [1.54, 1.807) is 12.1 Å². The number of fused-ring (bicyclic) bond motifs is 2. The van der Waals surface area contributed by atoms with Crippen molar-refractivity contribution in [3.05, 3.63) is 136 Å². The third-order valence-electron chi connectivity index (χ3n) is 7.86. The molecule has 0 aromatic heterocycles. The topological polar surface area (TPSA) is 46.6 Å². The Morgan fingerprint density at radius 3 is 2.08 bits per heavy atom. The summed E-state index contributed by atoms with van der Waals surface area (Å²) in [6, 6.07) is 26.0. The van der Waals surface area contributed by atoms with Crippen molar-refractivity contribution in [2.24, 2.45) is 0 Å². The number of likely N-dealkylation sites (N-methyl/N-ethyl adjacent to an activating group) is 1. The molecule has 0 aliphatic carbocycles. The van der Waals surface area contributed by atoms with E-state index in [2.05, 4.69) is 18.7 Å². The van der Waals surface area contributed by atoms with E-state index in [1.165, 1.54) is 24.3 Å². The van der Waals surface area contributed by atoms with Gasteiger partial charge < -0.3 is 9.64 Å². The molecule has 5 heteroatoms. The van der Waals surface area contributed by atoms with E-state index in [0.717, 1.165) is 16.8 Å². The van der Waals surface area contributed by atoms with Crippen LogP contribution in [0.25, 0.3) is 6.08 Å². The summed E-state index contributed by atoms with van der Waals surface area (Å²) in [4.78, 5) is 28.2. The summed E-state index contributed by atoms with van der Waals surface area (Å²) in [5.41, 5.74) is 3.72. The maximum Gasteiger partial charge on any atom is 0.211 e. The Balaban J connectivity index is 1.34. The largest absolute Gasteiger partial charge is 0.463 e. The van der Waals surface area contributed by atoms with Gasteiger partial charge in [-0.1, -0.05) is 30.3 Å². The summed E-state index contributed by atoms with van der Waals surface area (Å²) in [6.45, 7) is 4.24. The molecule has 0 N–H and O–H groups in total. The van der Waals surface area contributed by atoms with Crippen LogP contribution >= 0.6 is 0 Å². The first-order chi connectivity index (χ1) is 18.2. The molecule has 0 saturated carbocycles. The average Bonchev–Trinajstić information content (AvgIpc) is 3.10. The Morgan fingerprint density at radius 2 is 1.37 bits per heavy atom. The molecular formula is C33H26FNO3. The van der Waals surface area contributed by atoms with E-state index in [0.29, 0.717) is 28.0 Å². The van der Waals surface area contributed by atoms with Crippen molar-refractivity contribution in [2.45, 2.75) is 25.0 Å². The number of hydrogen-bond acceptors (Lipinski definition) is 4. The lowest BCUT2D eigenvalue weighted by molar-refractivity contribution is 0.0581. The second-order valence-corrected chi connectivity index (χ2v) is 10.3. The van der Waals surface area contributed by atoms with E-state index in [-0.39, 0.29) is 17.4 Å². The Kier molecular flexibility index (Phi) is 5.35. The predicted octanol–water partition coefficient (Wildman–Crippen LogP) is 6.82. The number of anilines is 1. The average molecular weight is 504 g/mol. The smallest absolute Gasteiger partial charge is 0.211 e. The van der Waals surface area contributed by atoms with Crippen molar-refractivity contribution in [1.82, 2.24) is 0 Å². The third kappa shape index (κ3) is 3.50. The number of benzene rings is 4. The Bertz CT molecular complexity index is 1620. The van der Waals surface area contributed by atoms with Gasteiger partial charge in [0.25, 0.3) is 0 Å². The van der Waals surface area contributed by atoms with Crippen LogP contribution in [0.4, 0.5) is 10.1 Å². The molecular weight excluding hydrogens is 477 g/mol. The summed E-state index contributed by atoms with van der Waals surface area (Å²) < 4.78 is 20.0. The first-order valence-corrected chi connectivity index (χ1v) is 12.5. The molecule has 1 atom stereocenters. The van der Waals surface area contributed by atoms with Gasteiger partial charge in [0.05, 0.1) is 5.41 Å². The molecule has 2 aliphatic heterocycles. The van der Waals surface area contributed by atoms with Crippen molar-refractivity contribution in [3.63, 3.8) is 0 Å². The molecule has 2 heterocycles. The molecule has 4 aromatic rings. The standard InChI is InChI=1S/C33H26FNO3/c1-32(2)27-20-25(30(36)21-7-5-4-6-8-21)11-15-28(27)35(3)33(32)18-17-23-19-24(12-16-29(23)38-33)31(37)22-9-13-26(34)14-10-22/h4-20H,1-3H3. The summed E-state index contributed by atoms with van der Waals surface area (Å²) in [5, 5.41) is 0. The van der Waals surface area contributed by atoms with Crippen LogP contribution in [-0.2, 0) is 5.41 Å². The second kappa shape index (κ2) is 8.52. The highest BCUT2D eigenvalue weighted by atomic mass is 19.1. The number of carbonyl (C=O) groups excluding carboxylic acids is 2. The molecule has 0 bridgehead atoms. The van der Waals surface area contributed by atoms with Crippen molar-refractivity contribution in [2.75, 3.05) is 11.9 Å². The Labute approximate surface area is 221 Å². The summed E-state index contributed by atoms with van der Waals surface area (Å²) in [5.74, 6) is 0.0883. The van der Waals surface area contributed by atoms with Crippen LogP contribution in [0.5, 0.6) is 5.75 Å². The fourth-order valence-corrected chi connectivity index (χ4v) is 5.62. The van der Waals surface area contributed by atoms with E-state index in [9.17, 15) is 14.0 Å². The fourth-order valence-electron chi connectivity index (χ4n) is 5.62. The number of ether oxygens (including phenoxy) is 1. The van der Waals surface area contributed by atoms with Crippen LogP contribution in [-0.4, -0.2) is 24.3 Å². The Morgan fingerprint density at radius 1 is 0.763 bits per heavy atom. The molecule has 1 unspecified atom stereocenters. The van der Waals surface area contributed by atoms with Gasteiger partial charge in [0, 0.05) is 40.6 Å². The SMILES string of the molecule is CN1c2ccc(C(=O)c3ccccc3)cc2C(C)(C)C12C=Cc1cc(C(=O)c3ccc(F)cc3)ccc1O2. The number of nitrogens with zero attached hydrogens (tertiary/aromatic N) is 1. The molecule has 4 aromatic carbocycles. The van der Waals surface area contributed by atoms with Crippen molar-refractivity contribution in [3.8, 4) is 5.75 Å². The van der Waals surface area contributed by atoms with Crippen molar-refractivity contribution >= 4 is 23.3 Å². The normalized spacial score (nSPS) is 18.6. The minimum Gasteiger partial charge on any atom is -0.463 e. The molecule has 0 fully saturated rings. The van der Waals surface area contributed by atoms with Gasteiger partial charge in [-0.15, -0.1) is 0 Å². The lowest BCUT2D eigenvalue weighted by atomic mass is 9.75. The van der Waals surface area contributed by atoms with Gasteiger partial charge in [-0.25, -0.2) is 4.39 Å². The van der Waals surface area contributed by atoms with Gasteiger partial charge in [0.1, 0.15) is 11.6 Å². The maximum atomic E-state index is 13.3. The molecule has 188 valence electrons. The number of hydrogen-bond donors (Lipinski definition) is 0. The van der Waals surface area contributed by atoms with Crippen LogP contribution in [0.1, 0.15) is 56.8 Å². The minimum absolute atomic E-state index is 0.0170. The fraction of sp³-hybridized carbons (Fsp3) is 0.152. The van der Waals surface area contributed by atoms with Gasteiger partial charge in [-0.2, -0.15) is 0 Å². The molecule has 0 saturated heterocycles. The monoisotopic (exact) mass is 503 g/mol. The highest BCUT2D eigenvalue weighted by molar-refractivity contribution is 6.10. The molecule has 2 aliphatic rings. The first kappa shape index (κ1) is 23.9. The van der Waals surface area contributed by atoms with Crippen molar-refractivity contribution < 1.29 is 18.7 Å². The van der Waals surface area contributed by atoms with Crippen LogP contribution in [0.2, 0.25) is 0 Å². The van der Waals surface area contributed by atoms with Crippen LogP contribution in [0.15, 0.2) is 97.1 Å². The predicted molar refractivity (Wildman–Crippen MR) is 146 cm³/mol. The minimum atomic E-state index is -0.820. The summed E-state index contributed by atoms with van der Waals surface area (Å²) in [6.07, 6.45) is 4.01. The highest BCUT2D eigenvalue weighted by Crippen LogP contribution is 2.54. The van der Waals surface area contributed by atoms with E-state index in [1.807, 2.05) is 73.8 Å². The van der Waals surface area contributed by atoms with Crippen LogP contribution < -0.4 is 9.64 Å². The summed E-state index contributed by atoms with van der Waals surface area (Å²) >= 11 is 0. The molecule has 1 spiro atoms. The van der Waals surface area contributed by atoms with E-state index < -0.39 is 11.1 Å². The quantitative estimate of drug-likeness (QED) is 0.287. The molecule has 6 rings (SSSR count). The molecule has 0 radical (unpaired) electrons. The van der Waals surface area contributed by atoms with Gasteiger partial charge in [-0.3, -0.25) is 9.59 Å². The third-order valence-corrected chi connectivity index (χ3v) is 7.86. The number of rotatable bonds is 4. The second-order valence-electron chi connectivity index (χ2n) is 10.3. The lowest BCUT2D eigenvalue weighted by Crippen LogP contribution is -2.58. The van der Waals surface area contributed by atoms with E-state index >= 15 is 0 Å². The highest BCUT2D eigenvalue weighted by Gasteiger charge is 2.57. The lowest BCUT2D eigenvalue weighted by Gasteiger charge is -2.45. The van der Waals surface area contributed by atoms with E-state index in [4.69, 9.17) is 4.74 Å². The number of carbonyl (C=O) groups is 2. The van der Waals surface area contributed by atoms with Crippen LogP contribution in [0.3, 0.4) is 0 Å². The first-order valence-electron chi connectivity index (χ1n) is 12.5. The Hall–Kier alpha value is -4.51. The zero-order chi connectivity index (χ0) is 26.7. The zero-order valence-electron chi connectivity index (χ0n) is 21.4. The van der Waals surface area contributed by atoms with Crippen LogP contribution in [0, 0.1) is 5.82 Å². The number of halogens is 1. The van der Waals surface area contributed by atoms with Gasteiger partial charge >= 0.3 is 0 Å². The summed E-state index contributed by atoms with van der Waals surface area (Å²) in [7, 11) is 1.99.